The van der Waals surface area contributed by atoms with E-state index in [0.717, 1.165) is 74.1 Å². The Bertz CT molecular complexity index is 1510. The van der Waals surface area contributed by atoms with Crippen molar-refractivity contribution in [2.45, 2.75) is 90.9 Å². The molecule has 1 heterocycles. The number of fused-ring (bicyclic) bond motifs is 1. The molecule has 0 amide bonds. The predicted octanol–water partition coefficient (Wildman–Crippen LogP) is 9.62. The van der Waals surface area contributed by atoms with Crippen LogP contribution < -0.4 is 4.90 Å². The van der Waals surface area contributed by atoms with E-state index in [9.17, 15) is 14.7 Å². The molecule has 1 N–H and O–H groups in total. The smallest absolute Gasteiger partial charge is 0.337 e. The number of aliphatic imine (C=N–C) groups is 1. The van der Waals surface area contributed by atoms with Gasteiger partial charge in [-0.2, -0.15) is 0 Å². The second kappa shape index (κ2) is 16.9. The average molecular weight is 625 g/mol. The average Bonchev–Trinajstić information content (AvgIpc) is 3.25. The van der Waals surface area contributed by atoms with Crippen LogP contribution in [-0.2, 0) is 15.6 Å². The lowest BCUT2D eigenvalue weighted by atomic mass is 9.79. The third kappa shape index (κ3) is 8.96. The number of aromatic carboxylic acids is 1. The van der Waals surface area contributed by atoms with Crippen molar-refractivity contribution >= 4 is 23.3 Å². The van der Waals surface area contributed by atoms with E-state index in [0.29, 0.717) is 11.1 Å². The highest BCUT2D eigenvalue weighted by Crippen LogP contribution is 2.48. The highest BCUT2D eigenvalue weighted by molar-refractivity contribution is 6.03. The van der Waals surface area contributed by atoms with Crippen LogP contribution in [0.3, 0.4) is 0 Å². The molecule has 0 bridgehead atoms. The minimum Gasteiger partial charge on any atom is -0.478 e. The first-order valence-corrected chi connectivity index (χ1v) is 16.6. The Labute approximate surface area is 276 Å². The van der Waals surface area contributed by atoms with Gasteiger partial charge in [0.15, 0.2) is 0 Å². The first kappa shape index (κ1) is 36.3. The van der Waals surface area contributed by atoms with E-state index in [1.807, 2.05) is 54.6 Å². The van der Waals surface area contributed by atoms with Gasteiger partial charge in [-0.25, -0.2) is 9.59 Å². The summed E-state index contributed by atoms with van der Waals surface area (Å²) in [5, 5.41) is 9.60. The SMILES string of the molecule is CCCCCN=C(/C=C/C=C/C=C/C=C1/N(CCCCC)c2ccc(C(=O)O)cc2C1(C)C)C(C)(C)c1cccc(C(=O)OC)c1. The monoisotopic (exact) mass is 624 g/mol. The van der Waals surface area contributed by atoms with Crippen molar-refractivity contribution in [1.82, 2.24) is 0 Å². The van der Waals surface area contributed by atoms with Crippen molar-refractivity contribution in [3.8, 4) is 0 Å². The van der Waals surface area contributed by atoms with Crippen LogP contribution in [0.2, 0.25) is 0 Å². The van der Waals surface area contributed by atoms with Crippen molar-refractivity contribution in [3.63, 3.8) is 0 Å². The summed E-state index contributed by atoms with van der Waals surface area (Å²) in [7, 11) is 1.40. The Morgan fingerprint density at radius 3 is 2.30 bits per heavy atom. The maximum Gasteiger partial charge on any atom is 0.337 e. The van der Waals surface area contributed by atoms with E-state index >= 15 is 0 Å². The molecule has 0 saturated heterocycles. The van der Waals surface area contributed by atoms with Gasteiger partial charge in [-0.1, -0.05) is 110 Å². The van der Waals surface area contributed by atoms with Crippen LogP contribution in [-0.4, -0.2) is 43.0 Å². The molecule has 0 aliphatic carbocycles. The molecule has 0 spiro atoms. The van der Waals surface area contributed by atoms with Gasteiger partial charge in [0.2, 0.25) is 0 Å². The molecule has 0 unspecified atom stereocenters. The number of hydrogen-bond acceptors (Lipinski definition) is 5. The van der Waals surface area contributed by atoms with E-state index in [4.69, 9.17) is 9.73 Å². The van der Waals surface area contributed by atoms with Crippen molar-refractivity contribution < 1.29 is 19.4 Å². The topological polar surface area (TPSA) is 79.2 Å². The Kier molecular flexibility index (Phi) is 13.4. The normalized spacial score (nSPS) is 15.8. The second-order valence-corrected chi connectivity index (χ2v) is 12.9. The highest BCUT2D eigenvalue weighted by atomic mass is 16.5. The van der Waals surface area contributed by atoms with Crippen LogP contribution in [0.5, 0.6) is 0 Å². The number of benzene rings is 2. The Morgan fingerprint density at radius 1 is 0.913 bits per heavy atom. The zero-order valence-corrected chi connectivity index (χ0v) is 28.8. The van der Waals surface area contributed by atoms with Crippen molar-refractivity contribution in [1.29, 1.82) is 0 Å². The van der Waals surface area contributed by atoms with Gasteiger partial charge >= 0.3 is 11.9 Å². The molecule has 0 saturated carbocycles. The number of carboxylic acid groups (broad SMARTS) is 1. The zero-order chi connectivity index (χ0) is 33.7. The number of allylic oxidation sites excluding steroid dienone is 8. The summed E-state index contributed by atoms with van der Waals surface area (Å²) in [4.78, 5) is 31.2. The maximum atomic E-state index is 12.2. The Morgan fingerprint density at radius 2 is 1.61 bits per heavy atom. The Balaban J connectivity index is 1.83. The molecule has 46 heavy (non-hydrogen) atoms. The van der Waals surface area contributed by atoms with Gasteiger partial charge in [0, 0.05) is 41.0 Å². The number of carboxylic acids is 1. The fourth-order valence-corrected chi connectivity index (χ4v) is 5.88. The fraction of sp³-hybridized carbons (Fsp3) is 0.425. The van der Waals surface area contributed by atoms with E-state index in [1.54, 1.807) is 12.1 Å². The van der Waals surface area contributed by atoms with Crippen molar-refractivity contribution in [2.75, 3.05) is 25.1 Å². The quantitative estimate of drug-likeness (QED) is 0.0871. The first-order valence-electron chi connectivity index (χ1n) is 16.6. The molecule has 246 valence electrons. The summed E-state index contributed by atoms with van der Waals surface area (Å²) >= 11 is 0. The molecule has 0 radical (unpaired) electrons. The van der Waals surface area contributed by atoms with Gasteiger partial charge in [-0.15, -0.1) is 0 Å². The lowest BCUT2D eigenvalue weighted by molar-refractivity contribution is 0.0599. The highest BCUT2D eigenvalue weighted by Gasteiger charge is 2.40. The van der Waals surface area contributed by atoms with Crippen molar-refractivity contribution in [2.24, 2.45) is 4.99 Å². The predicted molar refractivity (Wildman–Crippen MR) is 191 cm³/mol. The second-order valence-electron chi connectivity index (χ2n) is 12.9. The maximum absolute atomic E-state index is 12.2. The number of rotatable bonds is 16. The number of anilines is 1. The summed E-state index contributed by atoms with van der Waals surface area (Å²) in [6.45, 7) is 14.6. The van der Waals surface area contributed by atoms with Crippen molar-refractivity contribution in [3.05, 3.63) is 113 Å². The summed E-state index contributed by atoms with van der Waals surface area (Å²) in [6, 6.07) is 13.1. The molecular weight excluding hydrogens is 572 g/mol. The molecule has 6 nitrogen and oxygen atoms in total. The molecule has 1 aliphatic heterocycles. The van der Waals surface area contributed by atoms with Crippen LogP contribution in [0, 0.1) is 0 Å². The summed E-state index contributed by atoms with van der Waals surface area (Å²) in [5.74, 6) is -1.25. The van der Waals surface area contributed by atoms with Gasteiger partial charge in [-0.05, 0) is 66.5 Å². The number of carbonyl (C=O) groups excluding carboxylic acids is 1. The molecule has 0 atom stereocenters. The minimum atomic E-state index is -0.904. The number of methoxy groups -OCH3 is 1. The molecule has 2 aromatic rings. The molecule has 0 fully saturated rings. The van der Waals surface area contributed by atoms with Gasteiger partial charge in [0.1, 0.15) is 0 Å². The standard InChI is InChI=1S/C40H52N2O4/c1-8-10-17-26-41-35(39(3,4)32-21-19-20-31(28-32)38(45)46-7)22-15-13-12-14-16-23-36-40(5,6)33-29-30(37(43)44)24-25-34(33)42(36)27-18-11-9-2/h12-16,19-25,28-29H,8-11,17-18,26-27H2,1-7H3,(H,43,44)/b13-12+,16-14+,22-15+,36-23+,41-35?. The Hall–Kier alpha value is -4.19. The number of unbranched alkanes of at least 4 members (excludes halogenated alkanes) is 4. The van der Waals surface area contributed by atoms with Gasteiger partial charge < -0.3 is 14.7 Å². The van der Waals surface area contributed by atoms with Crippen LogP contribution >= 0.6 is 0 Å². The van der Waals surface area contributed by atoms with E-state index in [1.165, 1.54) is 12.8 Å². The number of ether oxygens (including phenoxy) is 1. The number of carbonyl (C=O) groups is 2. The number of esters is 1. The van der Waals surface area contributed by atoms with E-state index in [2.05, 4.69) is 64.7 Å². The molecule has 1 aliphatic rings. The molecule has 3 rings (SSSR count). The first-order chi connectivity index (χ1) is 22.0. The van der Waals surface area contributed by atoms with Gasteiger partial charge in [-0.3, -0.25) is 4.99 Å². The van der Waals surface area contributed by atoms with E-state index < -0.39 is 11.4 Å². The zero-order valence-electron chi connectivity index (χ0n) is 28.8. The third-order valence-electron chi connectivity index (χ3n) is 8.77. The molecular formula is C40H52N2O4. The lowest BCUT2D eigenvalue weighted by Gasteiger charge is -2.27. The number of nitrogens with zero attached hydrogens (tertiary/aromatic N) is 2. The molecule has 6 heteroatoms. The van der Waals surface area contributed by atoms with Gasteiger partial charge in [0.25, 0.3) is 0 Å². The number of hydrogen-bond donors (Lipinski definition) is 1. The molecule has 2 aromatic carbocycles. The largest absolute Gasteiger partial charge is 0.478 e. The van der Waals surface area contributed by atoms with Crippen LogP contribution in [0.15, 0.2) is 95.7 Å². The third-order valence-corrected chi connectivity index (χ3v) is 8.77. The lowest BCUT2D eigenvalue weighted by Crippen LogP contribution is -2.28. The van der Waals surface area contributed by atoms with Crippen LogP contribution in [0.1, 0.15) is 112 Å². The summed E-state index contributed by atoms with van der Waals surface area (Å²) in [6.07, 6.45) is 21.0. The molecule has 0 aromatic heterocycles. The minimum absolute atomic E-state index is 0.319. The van der Waals surface area contributed by atoms with Gasteiger partial charge in [0.05, 0.1) is 18.2 Å². The fourth-order valence-electron chi connectivity index (χ4n) is 5.88. The summed E-state index contributed by atoms with van der Waals surface area (Å²) < 4.78 is 4.94. The summed E-state index contributed by atoms with van der Waals surface area (Å²) in [5.41, 5.74) is 5.38. The van der Waals surface area contributed by atoms with Crippen LogP contribution in [0.4, 0.5) is 5.69 Å². The van der Waals surface area contributed by atoms with Crippen LogP contribution in [0.25, 0.3) is 0 Å². The van der Waals surface area contributed by atoms with E-state index in [-0.39, 0.29) is 11.4 Å².